The number of nitrogens with one attached hydrogen (secondary N) is 1. The van der Waals surface area contributed by atoms with Crippen molar-refractivity contribution < 1.29 is 9.47 Å². The molecule has 1 fully saturated rings. The normalized spacial score (nSPS) is 14.6. The van der Waals surface area contributed by atoms with Crippen molar-refractivity contribution in [2.75, 3.05) is 25.6 Å². The molecule has 1 aliphatic rings. The minimum absolute atomic E-state index is 0.285. The number of ether oxygens (including phenoxy) is 2. The fraction of sp³-hybridized carbons (Fsp3) is 0.261. The molecule has 0 aliphatic carbocycles. The van der Waals surface area contributed by atoms with Gasteiger partial charge in [0.15, 0.2) is 0 Å². The Labute approximate surface area is 195 Å². The molecule has 0 amide bonds. The maximum Gasteiger partial charge on any atom is 0.224 e. The predicted molar refractivity (Wildman–Crippen MR) is 126 cm³/mol. The summed E-state index contributed by atoms with van der Waals surface area (Å²) >= 11 is 12.5. The van der Waals surface area contributed by atoms with E-state index < -0.39 is 0 Å². The molecule has 3 heterocycles. The molecule has 0 bridgehead atoms. The Balaban J connectivity index is 1.64. The first kappa shape index (κ1) is 21.0. The fourth-order valence-corrected chi connectivity index (χ4v) is 4.11. The highest BCUT2D eigenvalue weighted by Gasteiger charge is 2.19. The monoisotopic (exact) mass is 469 g/mol. The van der Waals surface area contributed by atoms with Gasteiger partial charge in [0.05, 0.1) is 28.2 Å². The number of hydrogen-bond donors (Lipinski definition) is 1. The second-order valence-electron chi connectivity index (χ2n) is 7.52. The lowest BCUT2D eigenvalue weighted by Gasteiger charge is -2.23. The Morgan fingerprint density at radius 1 is 1.03 bits per heavy atom. The number of nitrogens with zero attached hydrogens (tertiary/aromatic N) is 4. The van der Waals surface area contributed by atoms with Crippen LogP contribution in [0.1, 0.15) is 12.8 Å². The van der Waals surface area contributed by atoms with Crippen LogP contribution in [0.25, 0.3) is 28.2 Å². The Morgan fingerprint density at radius 2 is 1.88 bits per heavy atom. The lowest BCUT2D eigenvalue weighted by Crippen LogP contribution is -2.28. The third kappa shape index (κ3) is 4.11. The summed E-state index contributed by atoms with van der Waals surface area (Å²) in [7, 11) is 1.64. The molecule has 9 heteroatoms. The van der Waals surface area contributed by atoms with E-state index in [4.69, 9.17) is 42.6 Å². The molecule has 32 heavy (non-hydrogen) atoms. The van der Waals surface area contributed by atoms with Crippen LogP contribution in [0.15, 0.2) is 48.7 Å². The molecular formula is C23H21Cl2N5O2. The Hall–Kier alpha value is -2.87. The van der Waals surface area contributed by atoms with Crippen molar-refractivity contribution in [3.8, 4) is 23.0 Å². The Morgan fingerprint density at radius 3 is 2.66 bits per heavy atom. The zero-order chi connectivity index (χ0) is 22.1. The van der Waals surface area contributed by atoms with Gasteiger partial charge in [0.1, 0.15) is 17.4 Å². The van der Waals surface area contributed by atoms with E-state index in [1.807, 2.05) is 34.9 Å². The minimum Gasteiger partial charge on any atom is -0.497 e. The average molecular weight is 470 g/mol. The van der Waals surface area contributed by atoms with Crippen LogP contribution in [-0.4, -0.2) is 45.9 Å². The topological polar surface area (TPSA) is 74.1 Å². The minimum atomic E-state index is 0.285. The highest BCUT2D eigenvalue weighted by molar-refractivity contribution is 6.42. The van der Waals surface area contributed by atoms with Gasteiger partial charge in [-0.05, 0) is 49.2 Å². The molecule has 4 aromatic rings. The van der Waals surface area contributed by atoms with Gasteiger partial charge in [0.25, 0.3) is 0 Å². The van der Waals surface area contributed by atoms with Crippen molar-refractivity contribution in [1.82, 2.24) is 19.5 Å². The Bertz CT molecular complexity index is 1270. The lowest BCUT2D eigenvalue weighted by molar-refractivity contribution is 0.0903. The first-order chi connectivity index (χ1) is 15.6. The van der Waals surface area contributed by atoms with Gasteiger partial charge in [-0.15, -0.1) is 0 Å². The molecule has 2 aromatic heterocycles. The molecular weight excluding hydrogens is 449 g/mol. The summed E-state index contributed by atoms with van der Waals surface area (Å²) in [5.74, 6) is 2.68. The maximum absolute atomic E-state index is 6.31. The van der Waals surface area contributed by atoms with Gasteiger partial charge in [-0.25, -0.2) is 9.97 Å². The molecule has 2 aromatic carbocycles. The molecule has 1 aliphatic heterocycles. The number of methoxy groups -OCH3 is 1. The number of benzene rings is 2. The number of hydrogen-bond acceptors (Lipinski definition) is 6. The molecule has 0 saturated carbocycles. The number of halogens is 2. The van der Waals surface area contributed by atoms with Crippen LogP contribution in [-0.2, 0) is 4.74 Å². The van der Waals surface area contributed by atoms with Crippen LogP contribution in [0.2, 0.25) is 10.0 Å². The third-order valence-electron chi connectivity index (χ3n) is 5.46. The molecule has 1 saturated heterocycles. The summed E-state index contributed by atoms with van der Waals surface area (Å²) in [6.07, 6.45) is 3.59. The van der Waals surface area contributed by atoms with Crippen molar-refractivity contribution in [3.63, 3.8) is 0 Å². The van der Waals surface area contributed by atoms with Gasteiger partial charge < -0.3 is 14.8 Å². The first-order valence-corrected chi connectivity index (χ1v) is 11.1. The number of fused-ring (bicyclic) bond motifs is 1. The van der Waals surface area contributed by atoms with Crippen LogP contribution in [0.5, 0.6) is 5.75 Å². The van der Waals surface area contributed by atoms with Crippen molar-refractivity contribution in [2.45, 2.75) is 18.9 Å². The molecule has 0 radical (unpaired) electrons. The van der Waals surface area contributed by atoms with E-state index in [2.05, 4.69) is 10.3 Å². The third-order valence-corrected chi connectivity index (χ3v) is 6.20. The van der Waals surface area contributed by atoms with Crippen molar-refractivity contribution in [1.29, 1.82) is 0 Å². The number of aromatic nitrogens is 4. The predicted octanol–water partition coefficient (Wildman–Crippen LogP) is 5.39. The van der Waals surface area contributed by atoms with Crippen LogP contribution in [0.4, 0.5) is 5.95 Å². The second kappa shape index (κ2) is 8.94. The van der Waals surface area contributed by atoms with E-state index >= 15 is 0 Å². The fourth-order valence-electron chi connectivity index (χ4n) is 3.81. The van der Waals surface area contributed by atoms with E-state index in [0.29, 0.717) is 27.6 Å². The Kier molecular flexibility index (Phi) is 5.87. The maximum atomic E-state index is 6.31. The SMILES string of the molecule is COc1ccc2nc(-c3ccc(Cl)c(Cl)c3)n(-c3ccnc(NC4CCOCC4)n3)c2c1. The van der Waals surface area contributed by atoms with E-state index in [0.717, 1.165) is 48.4 Å². The zero-order valence-electron chi connectivity index (χ0n) is 17.4. The highest BCUT2D eigenvalue weighted by Crippen LogP contribution is 2.33. The largest absolute Gasteiger partial charge is 0.497 e. The second-order valence-corrected chi connectivity index (χ2v) is 8.34. The van der Waals surface area contributed by atoms with E-state index in [9.17, 15) is 0 Å². The average Bonchev–Trinajstić information content (AvgIpc) is 3.20. The van der Waals surface area contributed by atoms with E-state index in [-0.39, 0.29) is 6.04 Å². The standard InChI is InChI=1S/C23H21Cl2N5O2/c1-31-16-3-5-19-20(13-16)30(22(28-19)14-2-4-17(24)18(25)12-14)21-6-9-26-23(29-21)27-15-7-10-32-11-8-15/h2-6,9,12-13,15H,7-8,10-11H2,1H3,(H,26,27,29). The van der Waals surface area contributed by atoms with Gasteiger partial charge in [-0.1, -0.05) is 23.2 Å². The van der Waals surface area contributed by atoms with Gasteiger partial charge in [-0.2, -0.15) is 4.98 Å². The van der Waals surface area contributed by atoms with Crippen LogP contribution >= 0.6 is 23.2 Å². The van der Waals surface area contributed by atoms with Gasteiger partial charge in [-0.3, -0.25) is 4.57 Å². The number of rotatable bonds is 5. The first-order valence-electron chi connectivity index (χ1n) is 10.3. The molecule has 0 spiro atoms. The molecule has 164 valence electrons. The van der Waals surface area contributed by atoms with Crippen LogP contribution < -0.4 is 10.1 Å². The molecule has 0 unspecified atom stereocenters. The smallest absolute Gasteiger partial charge is 0.224 e. The van der Waals surface area contributed by atoms with Crippen molar-refractivity contribution in [3.05, 3.63) is 58.7 Å². The van der Waals surface area contributed by atoms with Crippen LogP contribution in [0, 0.1) is 0 Å². The number of imidazole rings is 1. The summed E-state index contributed by atoms with van der Waals surface area (Å²) in [6.45, 7) is 1.48. The molecule has 5 rings (SSSR count). The van der Waals surface area contributed by atoms with Gasteiger partial charge >= 0.3 is 0 Å². The van der Waals surface area contributed by atoms with Crippen molar-refractivity contribution in [2.24, 2.45) is 0 Å². The van der Waals surface area contributed by atoms with Gasteiger partial charge in [0, 0.05) is 37.1 Å². The van der Waals surface area contributed by atoms with Gasteiger partial charge in [0.2, 0.25) is 5.95 Å². The highest BCUT2D eigenvalue weighted by atomic mass is 35.5. The summed E-state index contributed by atoms with van der Waals surface area (Å²) in [6, 6.07) is 13.4. The van der Waals surface area contributed by atoms with Crippen LogP contribution in [0.3, 0.4) is 0 Å². The zero-order valence-corrected chi connectivity index (χ0v) is 18.9. The summed E-state index contributed by atoms with van der Waals surface area (Å²) in [5, 5.41) is 4.38. The molecule has 1 N–H and O–H groups in total. The lowest BCUT2D eigenvalue weighted by atomic mass is 10.1. The number of anilines is 1. The summed E-state index contributed by atoms with van der Waals surface area (Å²) in [4.78, 5) is 14.1. The van der Waals surface area contributed by atoms with E-state index in [1.54, 1.807) is 25.4 Å². The van der Waals surface area contributed by atoms with E-state index in [1.165, 1.54) is 0 Å². The quantitative estimate of drug-likeness (QED) is 0.422. The molecule has 0 atom stereocenters. The summed E-state index contributed by atoms with van der Waals surface area (Å²) in [5.41, 5.74) is 2.50. The van der Waals surface area contributed by atoms with Crippen molar-refractivity contribution >= 4 is 40.2 Å². The molecule has 7 nitrogen and oxygen atoms in total. The summed E-state index contributed by atoms with van der Waals surface area (Å²) < 4.78 is 12.9.